The predicted octanol–water partition coefficient (Wildman–Crippen LogP) is 3.49. The largest absolute Gasteiger partial charge is 0.339 e. The molecule has 0 spiro atoms. The number of carbonyl (C=O) groups is 1. The van der Waals surface area contributed by atoms with Gasteiger partial charge in [-0.25, -0.2) is 12.8 Å². The summed E-state index contributed by atoms with van der Waals surface area (Å²) >= 11 is 0. The van der Waals surface area contributed by atoms with Gasteiger partial charge in [0.25, 0.3) is 0 Å². The Morgan fingerprint density at radius 1 is 0.742 bits per heavy atom. The van der Waals surface area contributed by atoms with Gasteiger partial charge in [-0.2, -0.15) is 4.31 Å². The average molecular weight is 439 g/mol. The van der Waals surface area contributed by atoms with Gasteiger partial charge in [0.1, 0.15) is 5.82 Å². The summed E-state index contributed by atoms with van der Waals surface area (Å²) in [6, 6.07) is 24.0. The second kappa shape index (κ2) is 8.99. The molecule has 0 aliphatic carbocycles. The number of sulfonamides is 1. The fourth-order valence-electron chi connectivity index (χ4n) is 3.86. The fourth-order valence-corrected chi connectivity index (χ4v) is 5.28. The molecule has 0 radical (unpaired) electrons. The summed E-state index contributed by atoms with van der Waals surface area (Å²) in [5, 5.41) is 0. The van der Waals surface area contributed by atoms with Crippen LogP contribution in [0, 0.1) is 5.82 Å². The molecule has 3 aromatic carbocycles. The van der Waals surface area contributed by atoms with Gasteiger partial charge in [-0.1, -0.05) is 60.7 Å². The van der Waals surface area contributed by atoms with Crippen LogP contribution in [0.15, 0.2) is 89.8 Å². The highest BCUT2D eigenvalue weighted by atomic mass is 32.2. The summed E-state index contributed by atoms with van der Waals surface area (Å²) in [6.07, 6.45) is 0. The van der Waals surface area contributed by atoms with Gasteiger partial charge in [-0.15, -0.1) is 0 Å². The molecule has 5 nitrogen and oxygen atoms in total. The number of nitrogens with zero attached hydrogens (tertiary/aromatic N) is 2. The topological polar surface area (TPSA) is 57.7 Å². The average Bonchev–Trinajstić information content (AvgIpc) is 2.81. The van der Waals surface area contributed by atoms with Crippen LogP contribution >= 0.6 is 0 Å². The quantitative estimate of drug-likeness (QED) is 0.613. The Hall–Kier alpha value is -3.03. The van der Waals surface area contributed by atoms with Gasteiger partial charge in [0.15, 0.2) is 0 Å². The van der Waals surface area contributed by atoms with Crippen molar-refractivity contribution in [3.05, 3.63) is 102 Å². The Kier molecular flexibility index (Phi) is 6.15. The van der Waals surface area contributed by atoms with E-state index in [-0.39, 0.29) is 23.9 Å². The van der Waals surface area contributed by atoms with Crippen LogP contribution in [0.3, 0.4) is 0 Å². The first kappa shape index (κ1) is 21.2. The second-order valence-electron chi connectivity index (χ2n) is 7.44. The van der Waals surface area contributed by atoms with Gasteiger partial charge in [-0.05, 0) is 35.4 Å². The van der Waals surface area contributed by atoms with Crippen LogP contribution in [0.25, 0.3) is 0 Å². The SMILES string of the molecule is O=C(C(c1ccccc1)c1ccccc1)N1CCN(S(=O)(=O)c2ccc(F)cc2)CC1. The Morgan fingerprint density at radius 3 is 1.71 bits per heavy atom. The molecule has 31 heavy (non-hydrogen) atoms. The van der Waals surface area contributed by atoms with Crippen LogP contribution in [0.2, 0.25) is 0 Å². The van der Waals surface area contributed by atoms with Crippen molar-refractivity contribution in [2.24, 2.45) is 0 Å². The second-order valence-corrected chi connectivity index (χ2v) is 9.38. The number of carbonyl (C=O) groups excluding carboxylic acids is 1. The lowest BCUT2D eigenvalue weighted by molar-refractivity contribution is -0.133. The Bertz CT molecular complexity index is 1090. The monoisotopic (exact) mass is 438 g/mol. The maximum Gasteiger partial charge on any atom is 0.243 e. The predicted molar refractivity (Wildman–Crippen MR) is 116 cm³/mol. The van der Waals surface area contributed by atoms with E-state index in [1.54, 1.807) is 4.90 Å². The van der Waals surface area contributed by atoms with Gasteiger partial charge >= 0.3 is 0 Å². The molecule has 160 valence electrons. The van der Waals surface area contributed by atoms with Gasteiger partial charge in [-0.3, -0.25) is 4.79 Å². The molecule has 7 heteroatoms. The van der Waals surface area contributed by atoms with E-state index < -0.39 is 21.8 Å². The van der Waals surface area contributed by atoms with E-state index in [1.165, 1.54) is 16.4 Å². The minimum Gasteiger partial charge on any atom is -0.339 e. The number of hydrogen-bond acceptors (Lipinski definition) is 3. The standard InChI is InChI=1S/C24H23FN2O3S/c25-21-11-13-22(14-12-21)31(29,30)27-17-15-26(16-18-27)24(28)23(19-7-3-1-4-8-19)20-9-5-2-6-10-20/h1-14,23H,15-18H2. The molecule has 0 N–H and O–H groups in total. The van der Waals surface area contributed by atoms with E-state index in [4.69, 9.17) is 0 Å². The third-order valence-electron chi connectivity index (χ3n) is 5.51. The zero-order valence-electron chi connectivity index (χ0n) is 16.9. The summed E-state index contributed by atoms with van der Waals surface area (Å²) in [5.74, 6) is -0.971. The molecule has 0 unspecified atom stereocenters. The van der Waals surface area contributed by atoms with E-state index in [2.05, 4.69) is 0 Å². The van der Waals surface area contributed by atoms with Crippen molar-refractivity contribution in [3.8, 4) is 0 Å². The van der Waals surface area contributed by atoms with Crippen LogP contribution in [0.1, 0.15) is 17.0 Å². The molecule has 1 aliphatic rings. The van der Waals surface area contributed by atoms with Crippen LogP contribution in [0.4, 0.5) is 4.39 Å². The normalized spacial score (nSPS) is 15.2. The van der Waals surface area contributed by atoms with E-state index in [9.17, 15) is 17.6 Å². The number of hydrogen-bond donors (Lipinski definition) is 0. The summed E-state index contributed by atoms with van der Waals surface area (Å²) in [5.41, 5.74) is 1.81. The first-order valence-corrected chi connectivity index (χ1v) is 11.6. The first-order valence-electron chi connectivity index (χ1n) is 10.1. The first-order chi connectivity index (χ1) is 15.0. The summed E-state index contributed by atoms with van der Waals surface area (Å²) < 4.78 is 40.2. The molecule has 1 amide bonds. The maximum atomic E-state index is 13.5. The van der Waals surface area contributed by atoms with Crippen molar-refractivity contribution in [2.45, 2.75) is 10.8 Å². The number of rotatable bonds is 5. The third kappa shape index (κ3) is 4.52. The molecule has 0 aromatic heterocycles. The van der Waals surface area contributed by atoms with Crippen LogP contribution in [-0.4, -0.2) is 49.7 Å². The van der Waals surface area contributed by atoms with Gasteiger partial charge in [0, 0.05) is 26.2 Å². The maximum absolute atomic E-state index is 13.5. The summed E-state index contributed by atoms with van der Waals surface area (Å²) in [6.45, 7) is 0.994. The van der Waals surface area contributed by atoms with Gasteiger partial charge in [0.05, 0.1) is 10.8 Å². The van der Waals surface area contributed by atoms with E-state index in [1.807, 2.05) is 60.7 Å². The minimum absolute atomic E-state index is 0.0452. The molecular weight excluding hydrogens is 415 g/mol. The number of piperazine rings is 1. The lowest BCUT2D eigenvalue weighted by Crippen LogP contribution is -2.51. The number of benzene rings is 3. The Balaban J connectivity index is 1.52. The van der Waals surface area contributed by atoms with Crippen molar-refractivity contribution in [2.75, 3.05) is 26.2 Å². The Labute approximate surface area is 181 Å². The van der Waals surface area contributed by atoms with Crippen LogP contribution in [0.5, 0.6) is 0 Å². The highest BCUT2D eigenvalue weighted by Crippen LogP contribution is 2.28. The smallest absolute Gasteiger partial charge is 0.243 e. The van der Waals surface area contributed by atoms with Crippen molar-refractivity contribution in [1.29, 1.82) is 0 Å². The molecule has 1 heterocycles. The van der Waals surface area contributed by atoms with Crippen molar-refractivity contribution in [1.82, 2.24) is 9.21 Å². The minimum atomic E-state index is -3.72. The van der Waals surface area contributed by atoms with Crippen LogP contribution < -0.4 is 0 Å². The lowest BCUT2D eigenvalue weighted by Gasteiger charge is -2.36. The molecule has 0 atom stereocenters. The molecule has 4 rings (SSSR count). The molecule has 0 bridgehead atoms. The van der Waals surface area contributed by atoms with Gasteiger partial charge in [0.2, 0.25) is 15.9 Å². The zero-order chi connectivity index (χ0) is 21.8. The van der Waals surface area contributed by atoms with Crippen molar-refractivity contribution >= 4 is 15.9 Å². The van der Waals surface area contributed by atoms with E-state index in [0.717, 1.165) is 23.3 Å². The lowest BCUT2D eigenvalue weighted by atomic mass is 9.90. The number of amides is 1. The van der Waals surface area contributed by atoms with E-state index >= 15 is 0 Å². The molecular formula is C24H23FN2O3S. The van der Waals surface area contributed by atoms with Gasteiger partial charge < -0.3 is 4.90 Å². The summed E-state index contributed by atoms with van der Waals surface area (Å²) in [4.78, 5) is 15.3. The highest BCUT2D eigenvalue weighted by molar-refractivity contribution is 7.89. The summed E-state index contributed by atoms with van der Waals surface area (Å²) in [7, 11) is -3.72. The molecule has 1 fully saturated rings. The van der Waals surface area contributed by atoms with Crippen molar-refractivity contribution < 1.29 is 17.6 Å². The number of halogens is 1. The van der Waals surface area contributed by atoms with Crippen LogP contribution in [-0.2, 0) is 14.8 Å². The molecule has 0 saturated carbocycles. The Morgan fingerprint density at radius 2 is 1.23 bits per heavy atom. The van der Waals surface area contributed by atoms with E-state index in [0.29, 0.717) is 13.1 Å². The highest BCUT2D eigenvalue weighted by Gasteiger charge is 2.33. The molecule has 1 aliphatic heterocycles. The van der Waals surface area contributed by atoms with Crippen molar-refractivity contribution in [3.63, 3.8) is 0 Å². The molecule has 3 aromatic rings. The third-order valence-corrected chi connectivity index (χ3v) is 7.43. The zero-order valence-corrected chi connectivity index (χ0v) is 17.7. The fraction of sp³-hybridized carbons (Fsp3) is 0.208. The molecule has 1 saturated heterocycles.